The van der Waals surface area contributed by atoms with Crippen molar-refractivity contribution in [1.29, 1.82) is 0 Å². The fourth-order valence-electron chi connectivity index (χ4n) is 1.41. The smallest absolute Gasteiger partial charge is 0.130 e. The predicted octanol–water partition coefficient (Wildman–Crippen LogP) is 1.49. The van der Waals surface area contributed by atoms with Gasteiger partial charge in [0.2, 0.25) is 0 Å². The van der Waals surface area contributed by atoms with Crippen LogP contribution in [0.1, 0.15) is 11.3 Å². The van der Waals surface area contributed by atoms with Gasteiger partial charge in [-0.3, -0.25) is 0 Å². The first-order valence-corrected chi connectivity index (χ1v) is 5.07. The molecule has 4 nitrogen and oxygen atoms in total. The molecule has 0 atom stereocenters. The number of nitrogens with zero attached hydrogens (tertiary/aromatic N) is 2. The van der Waals surface area contributed by atoms with E-state index in [1.165, 1.54) is 0 Å². The maximum absolute atomic E-state index is 8.99. The number of ether oxygens (including phenoxy) is 1. The highest BCUT2D eigenvalue weighted by molar-refractivity contribution is 5.28. The lowest BCUT2D eigenvalue weighted by Gasteiger charge is -2.07. The molecule has 2 rings (SSSR count). The van der Waals surface area contributed by atoms with Crippen LogP contribution < -0.4 is 4.74 Å². The quantitative estimate of drug-likeness (QED) is 0.845. The highest BCUT2D eigenvalue weighted by Crippen LogP contribution is 2.14. The Morgan fingerprint density at radius 1 is 1.44 bits per heavy atom. The zero-order valence-corrected chi connectivity index (χ0v) is 9.13. The molecule has 0 saturated heterocycles. The lowest BCUT2D eigenvalue weighted by Crippen LogP contribution is -2.01. The minimum Gasteiger partial charge on any atom is -0.487 e. The summed E-state index contributed by atoms with van der Waals surface area (Å²) in [4.78, 5) is 4.01. The Morgan fingerprint density at radius 2 is 2.31 bits per heavy atom. The van der Waals surface area contributed by atoms with Crippen molar-refractivity contribution in [3.63, 3.8) is 0 Å². The highest BCUT2D eigenvalue weighted by atomic mass is 16.5. The summed E-state index contributed by atoms with van der Waals surface area (Å²) < 4.78 is 7.51. The van der Waals surface area contributed by atoms with Crippen molar-refractivity contribution < 1.29 is 9.84 Å². The molecule has 0 unspecified atom stereocenters. The number of aromatic nitrogens is 2. The molecular weight excluding hydrogens is 204 g/mol. The summed E-state index contributed by atoms with van der Waals surface area (Å²) in [6, 6.07) is 7.42. The number of imidazole rings is 1. The Hall–Kier alpha value is -1.81. The van der Waals surface area contributed by atoms with Gasteiger partial charge in [-0.2, -0.15) is 0 Å². The van der Waals surface area contributed by atoms with Crippen LogP contribution in [0.3, 0.4) is 0 Å². The summed E-state index contributed by atoms with van der Waals surface area (Å²) in [7, 11) is 1.93. The van der Waals surface area contributed by atoms with E-state index >= 15 is 0 Å². The van der Waals surface area contributed by atoms with Gasteiger partial charge in [0.15, 0.2) is 0 Å². The molecular formula is C12H14N2O2. The van der Waals surface area contributed by atoms with E-state index in [1.807, 2.05) is 35.9 Å². The van der Waals surface area contributed by atoms with Crippen LogP contribution in [0.5, 0.6) is 5.75 Å². The van der Waals surface area contributed by atoms with Crippen LogP contribution in [0.4, 0.5) is 0 Å². The van der Waals surface area contributed by atoms with Crippen LogP contribution in [0, 0.1) is 0 Å². The summed E-state index contributed by atoms with van der Waals surface area (Å²) in [6.45, 7) is 0.508. The van der Waals surface area contributed by atoms with Crippen molar-refractivity contribution in [1.82, 2.24) is 9.55 Å². The first-order valence-electron chi connectivity index (χ1n) is 5.07. The predicted molar refractivity (Wildman–Crippen MR) is 59.9 cm³/mol. The number of benzene rings is 1. The van der Waals surface area contributed by atoms with Crippen molar-refractivity contribution in [3.8, 4) is 5.75 Å². The lowest BCUT2D eigenvalue weighted by molar-refractivity contribution is 0.276. The van der Waals surface area contributed by atoms with E-state index in [2.05, 4.69) is 4.98 Å². The van der Waals surface area contributed by atoms with E-state index in [0.717, 1.165) is 17.0 Å². The summed E-state index contributed by atoms with van der Waals surface area (Å²) in [6.07, 6.45) is 3.51. The standard InChI is InChI=1S/C12H14N2O2/c1-14-9-13-6-11(14)8-16-12-4-2-3-10(5-12)7-15/h2-6,9,15H,7-8H2,1H3. The van der Waals surface area contributed by atoms with Gasteiger partial charge in [-0.1, -0.05) is 12.1 Å². The fourth-order valence-corrected chi connectivity index (χ4v) is 1.41. The second-order valence-corrected chi connectivity index (χ2v) is 3.59. The molecule has 0 radical (unpaired) electrons. The van der Waals surface area contributed by atoms with Gasteiger partial charge in [0.25, 0.3) is 0 Å². The van der Waals surface area contributed by atoms with Gasteiger partial charge < -0.3 is 14.4 Å². The Labute approximate surface area is 94.1 Å². The molecule has 1 N–H and O–H groups in total. The Kier molecular flexibility index (Phi) is 3.22. The summed E-state index contributed by atoms with van der Waals surface area (Å²) in [5.41, 5.74) is 1.86. The van der Waals surface area contributed by atoms with E-state index in [0.29, 0.717) is 6.61 Å². The molecule has 4 heteroatoms. The van der Waals surface area contributed by atoms with E-state index in [1.54, 1.807) is 12.5 Å². The lowest BCUT2D eigenvalue weighted by atomic mass is 10.2. The summed E-state index contributed by atoms with van der Waals surface area (Å²) in [5, 5.41) is 8.99. The van der Waals surface area contributed by atoms with Gasteiger partial charge >= 0.3 is 0 Å². The van der Waals surface area contributed by atoms with E-state index in [9.17, 15) is 0 Å². The van der Waals surface area contributed by atoms with Crippen LogP contribution in [0.25, 0.3) is 0 Å². The third-order valence-electron chi connectivity index (χ3n) is 2.38. The van der Waals surface area contributed by atoms with Crippen molar-refractivity contribution >= 4 is 0 Å². The monoisotopic (exact) mass is 218 g/mol. The number of aliphatic hydroxyl groups is 1. The molecule has 1 aromatic carbocycles. The summed E-state index contributed by atoms with van der Waals surface area (Å²) in [5.74, 6) is 0.757. The van der Waals surface area contributed by atoms with E-state index in [-0.39, 0.29) is 6.61 Å². The minimum atomic E-state index is 0.0307. The number of aryl methyl sites for hydroxylation is 1. The second kappa shape index (κ2) is 4.81. The van der Waals surface area contributed by atoms with Gasteiger partial charge in [0, 0.05) is 7.05 Å². The molecule has 0 spiro atoms. The van der Waals surface area contributed by atoms with Crippen LogP contribution in [0.2, 0.25) is 0 Å². The van der Waals surface area contributed by atoms with Gasteiger partial charge in [0.1, 0.15) is 12.4 Å². The number of hydrogen-bond acceptors (Lipinski definition) is 3. The SMILES string of the molecule is Cn1cncc1COc1cccc(CO)c1. The highest BCUT2D eigenvalue weighted by Gasteiger charge is 2.00. The average molecular weight is 218 g/mol. The molecule has 0 saturated carbocycles. The zero-order chi connectivity index (χ0) is 11.4. The molecule has 2 aromatic rings. The Morgan fingerprint density at radius 3 is 3.00 bits per heavy atom. The largest absolute Gasteiger partial charge is 0.487 e. The van der Waals surface area contributed by atoms with Gasteiger partial charge in [-0.25, -0.2) is 4.98 Å². The van der Waals surface area contributed by atoms with Crippen LogP contribution >= 0.6 is 0 Å². The van der Waals surface area contributed by atoms with E-state index < -0.39 is 0 Å². The van der Waals surface area contributed by atoms with Crippen molar-refractivity contribution in [3.05, 3.63) is 48.0 Å². The normalized spacial score (nSPS) is 10.4. The molecule has 1 heterocycles. The van der Waals surface area contributed by atoms with Gasteiger partial charge in [0.05, 0.1) is 24.8 Å². The fraction of sp³-hybridized carbons (Fsp3) is 0.250. The molecule has 0 aliphatic carbocycles. The minimum absolute atomic E-state index is 0.0307. The van der Waals surface area contributed by atoms with Crippen LogP contribution in [-0.2, 0) is 20.3 Å². The maximum atomic E-state index is 8.99. The zero-order valence-electron chi connectivity index (χ0n) is 9.13. The molecule has 0 aliphatic rings. The number of hydrogen-bond donors (Lipinski definition) is 1. The van der Waals surface area contributed by atoms with Crippen molar-refractivity contribution in [2.24, 2.45) is 7.05 Å². The molecule has 0 aliphatic heterocycles. The maximum Gasteiger partial charge on any atom is 0.130 e. The number of aliphatic hydroxyl groups excluding tert-OH is 1. The first kappa shape index (κ1) is 10.7. The first-order chi connectivity index (χ1) is 7.79. The molecule has 84 valence electrons. The molecule has 1 aromatic heterocycles. The second-order valence-electron chi connectivity index (χ2n) is 3.59. The van der Waals surface area contributed by atoms with Crippen LogP contribution in [-0.4, -0.2) is 14.7 Å². The van der Waals surface area contributed by atoms with E-state index in [4.69, 9.17) is 9.84 Å². The third-order valence-corrected chi connectivity index (χ3v) is 2.38. The van der Waals surface area contributed by atoms with Crippen molar-refractivity contribution in [2.75, 3.05) is 0 Å². The molecule has 0 bridgehead atoms. The Balaban J connectivity index is 2.02. The van der Waals surface area contributed by atoms with Gasteiger partial charge in [-0.05, 0) is 17.7 Å². The van der Waals surface area contributed by atoms with Crippen LogP contribution in [0.15, 0.2) is 36.8 Å². The Bertz CT molecular complexity index is 466. The number of rotatable bonds is 4. The molecule has 0 amide bonds. The third kappa shape index (κ3) is 2.41. The topological polar surface area (TPSA) is 47.3 Å². The molecule has 0 fully saturated rings. The van der Waals surface area contributed by atoms with Gasteiger partial charge in [-0.15, -0.1) is 0 Å². The molecule has 16 heavy (non-hydrogen) atoms. The van der Waals surface area contributed by atoms with Crippen molar-refractivity contribution in [2.45, 2.75) is 13.2 Å². The average Bonchev–Trinajstić information content (AvgIpc) is 2.72. The summed E-state index contributed by atoms with van der Waals surface area (Å²) >= 11 is 0.